The van der Waals surface area contributed by atoms with E-state index in [2.05, 4.69) is 10.6 Å². The van der Waals surface area contributed by atoms with Gasteiger partial charge in [-0.3, -0.25) is 19.2 Å². The van der Waals surface area contributed by atoms with E-state index in [0.717, 1.165) is 32.1 Å². The predicted octanol–water partition coefficient (Wildman–Crippen LogP) is 2.44. The molecule has 1 saturated heterocycles. The summed E-state index contributed by atoms with van der Waals surface area (Å²) in [5.74, 6) is -2.88. The summed E-state index contributed by atoms with van der Waals surface area (Å²) in [7, 11) is 0. The lowest BCUT2D eigenvalue weighted by Gasteiger charge is -2.34. The molecule has 0 aromatic heterocycles. The lowest BCUT2D eigenvalue weighted by molar-refractivity contribution is -0.143. The van der Waals surface area contributed by atoms with Gasteiger partial charge in [0.15, 0.2) is 0 Å². The van der Waals surface area contributed by atoms with Crippen LogP contribution in [0.4, 0.5) is 4.79 Å². The van der Waals surface area contributed by atoms with Crippen molar-refractivity contribution >= 4 is 29.6 Å². The second-order valence-electron chi connectivity index (χ2n) is 12.2. The van der Waals surface area contributed by atoms with Gasteiger partial charge >= 0.3 is 6.09 Å². The van der Waals surface area contributed by atoms with E-state index in [-0.39, 0.29) is 43.7 Å². The van der Waals surface area contributed by atoms with E-state index in [1.54, 1.807) is 0 Å². The first-order chi connectivity index (χ1) is 18.2. The summed E-state index contributed by atoms with van der Waals surface area (Å²) in [5, 5.41) is 5.45. The van der Waals surface area contributed by atoms with Crippen LogP contribution in [0, 0.1) is 11.8 Å². The van der Waals surface area contributed by atoms with E-state index in [1.165, 1.54) is 4.90 Å². The number of amides is 4. The van der Waals surface area contributed by atoms with Crippen LogP contribution in [0.25, 0.3) is 0 Å². The summed E-state index contributed by atoms with van der Waals surface area (Å²) in [6.07, 6.45) is 4.43. The molecule has 2 aliphatic rings. The summed E-state index contributed by atoms with van der Waals surface area (Å²) >= 11 is 0. The Kier molecular flexibility index (Phi) is 12.2. The second-order valence-corrected chi connectivity index (χ2v) is 12.2. The van der Waals surface area contributed by atoms with E-state index in [4.69, 9.17) is 15.2 Å². The number of likely N-dealkylation sites (tertiary alicyclic amines) is 1. The van der Waals surface area contributed by atoms with Gasteiger partial charge in [0.25, 0.3) is 5.91 Å². The van der Waals surface area contributed by atoms with Crippen LogP contribution in [0.3, 0.4) is 0 Å². The minimum absolute atomic E-state index is 0.0894. The van der Waals surface area contributed by atoms with Crippen LogP contribution >= 0.6 is 0 Å². The molecule has 1 unspecified atom stereocenters. The van der Waals surface area contributed by atoms with Gasteiger partial charge in [-0.2, -0.15) is 0 Å². The minimum Gasteiger partial charge on any atom is -0.449 e. The minimum atomic E-state index is -1.12. The van der Waals surface area contributed by atoms with Gasteiger partial charge in [-0.15, -0.1) is 0 Å². The highest BCUT2D eigenvalue weighted by Crippen LogP contribution is 2.31. The number of nitrogens with zero attached hydrogens (tertiary/aromatic N) is 1. The summed E-state index contributed by atoms with van der Waals surface area (Å²) in [6, 6.07) is -2.87. The monoisotopic (exact) mass is 552 g/mol. The van der Waals surface area contributed by atoms with Crippen LogP contribution in [-0.2, 0) is 28.7 Å². The number of nitrogens with two attached hydrogens (primary N) is 1. The quantitative estimate of drug-likeness (QED) is 0.314. The maximum absolute atomic E-state index is 14.1. The lowest BCUT2D eigenvalue weighted by Crippen LogP contribution is -2.58. The Morgan fingerprint density at radius 1 is 1.03 bits per heavy atom. The van der Waals surface area contributed by atoms with Crippen LogP contribution in [-0.4, -0.2) is 77.5 Å². The first kappa shape index (κ1) is 32.5. The van der Waals surface area contributed by atoms with Gasteiger partial charge in [0, 0.05) is 13.0 Å². The van der Waals surface area contributed by atoms with Gasteiger partial charge in [-0.25, -0.2) is 4.79 Å². The van der Waals surface area contributed by atoms with E-state index in [1.807, 2.05) is 41.5 Å². The van der Waals surface area contributed by atoms with E-state index < -0.39 is 53.5 Å². The smallest absolute Gasteiger partial charge is 0.407 e. The van der Waals surface area contributed by atoms with Crippen molar-refractivity contribution < 1.29 is 33.4 Å². The number of carbonyl (C=O) groups is 5. The van der Waals surface area contributed by atoms with E-state index in [0.29, 0.717) is 6.42 Å². The Bertz CT molecular complexity index is 880. The number of hydrogen-bond donors (Lipinski definition) is 3. The number of Topliss-reactive ketones (excluding diaryl/α,β-unsaturated/α-hetero) is 1. The van der Waals surface area contributed by atoms with Crippen molar-refractivity contribution in [3.8, 4) is 0 Å². The van der Waals surface area contributed by atoms with E-state index >= 15 is 0 Å². The molecule has 222 valence electrons. The average molecular weight is 553 g/mol. The molecule has 0 aromatic rings. The first-order valence-electron chi connectivity index (χ1n) is 14.3. The number of hydrogen-bond acceptors (Lipinski definition) is 7. The van der Waals surface area contributed by atoms with Crippen LogP contribution in [0.2, 0.25) is 0 Å². The molecule has 11 heteroatoms. The Balaban J connectivity index is 2.33. The zero-order chi connectivity index (χ0) is 29.3. The summed E-state index contributed by atoms with van der Waals surface area (Å²) in [4.78, 5) is 65.6. The third kappa shape index (κ3) is 10.1. The number of ether oxygens (including phenoxy) is 2. The normalized spacial score (nSPS) is 21.8. The molecule has 0 radical (unpaired) electrons. The Morgan fingerprint density at radius 2 is 1.67 bits per heavy atom. The van der Waals surface area contributed by atoms with Crippen molar-refractivity contribution in [2.45, 2.75) is 123 Å². The first-order valence-corrected chi connectivity index (χ1v) is 14.3. The van der Waals surface area contributed by atoms with Crippen LogP contribution in [0.1, 0.15) is 92.9 Å². The Labute approximate surface area is 232 Å². The molecule has 1 aliphatic carbocycles. The number of nitrogens with one attached hydrogen (secondary N) is 2. The molecule has 1 aliphatic heterocycles. The lowest BCUT2D eigenvalue weighted by atomic mass is 9.83. The number of ketones is 1. The van der Waals surface area contributed by atoms with Crippen LogP contribution in [0.15, 0.2) is 0 Å². The molecule has 4 N–H and O–H groups in total. The zero-order valence-corrected chi connectivity index (χ0v) is 24.4. The van der Waals surface area contributed by atoms with Gasteiger partial charge < -0.3 is 30.7 Å². The predicted molar refractivity (Wildman–Crippen MR) is 145 cm³/mol. The van der Waals surface area contributed by atoms with Crippen LogP contribution < -0.4 is 16.4 Å². The maximum Gasteiger partial charge on any atom is 0.407 e. The molecule has 0 spiro atoms. The summed E-state index contributed by atoms with van der Waals surface area (Å²) in [5.41, 5.74) is 4.68. The van der Waals surface area contributed by atoms with Gasteiger partial charge in [0.05, 0.1) is 24.4 Å². The van der Waals surface area contributed by atoms with Crippen molar-refractivity contribution in [1.82, 2.24) is 15.5 Å². The molecule has 11 nitrogen and oxygen atoms in total. The molecule has 2 fully saturated rings. The maximum atomic E-state index is 14.1. The zero-order valence-electron chi connectivity index (χ0n) is 24.4. The topological polar surface area (TPSA) is 157 Å². The molecule has 0 bridgehead atoms. The second kappa shape index (κ2) is 14.6. The SMILES string of the molecule is CCCC(NC(=O)[C@@H]1C[C@@H](OC(C)(C)C)CN1C(=O)[C@@H](NC(=O)OCC(C)C)C1CCCCC1)C(=O)C(N)=O. The molecule has 1 heterocycles. The molecule has 1 saturated carbocycles. The fourth-order valence-electron chi connectivity index (χ4n) is 5.31. The number of carbonyl (C=O) groups excluding carboxylic acids is 5. The molecule has 2 rings (SSSR count). The van der Waals surface area contributed by atoms with Crippen molar-refractivity contribution in [3.63, 3.8) is 0 Å². The highest BCUT2D eigenvalue weighted by atomic mass is 16.5. The third-order valence-electron chi connectivity index (χ3n) is 7.03. The highest BCUT2D eigenvalue weighted by Gasteiger charge is 2.46. The van der Waals surface area contributed by atoms with Crippen molar-refractivity contribution in [3.05, 3.63) is 0 Å². The van der Waals surface area contributed by atoms with E-state index in [9.17, 15) is 24.0 Å². The molecule has 4 atom stereocenters. The fourth-order valence-corrected chi connectivity index (χ4v) is 5.31. The average Bonchev–Trinajstić information content (AvgIpc) is 3.27. The molecule has 0 aromatic carbocycles. The van der Waals surface area contributed by atoms with Gasteiger partial charge in [-0.1, -0.05) is 46.5 Å². The van der Waals surface area contributed by atoms with Gasteiger partial charge in [0.1, 0.15) is 12.1 Å². The van der Waals surface area contributed by atoms with Crippen molar-refractivity contribution in [1.29, 1.82) is 0 Å². The number of alkyl carbamates (subject to hydrolysis) is 1. The molecule has 4 amide bonds. The van der Waals surface area contributed by atoms with Gasteiger partial charge in [0.2, 0.25) is 17.6 Å². The molecular weight excluding hydrogens is 504 g/mol. The molecular formula is C28H48N4O7. The summed E-state index contributed by atoms with van der Waals surface area (Å²) in [6.45, 7) is 11.7. The fraction of sp³-hybridized carbons (Fsp3) is 0.821. The Hall–Kier alpha value is -2.69. The van der Waals surface area contributed by atoms with Gasteiger partial charge in [-0.05, 0) is 51.9 Å². The highest BCUT2D eigenvalue weighted by molar-refractivity contribution is 6.37. The largest absolute Gasteiger partial charge is 0.449 e. The van der Waals surface area contributed by atoms with Crippen molar-refractivity contribution in [2.75, 3.05) is 13.2 Å². The molecule has 39 heavy (non-hydrogen) atoms. The number of rotatable bonds is 12. The third-order valence-corrected chi connectivity index (χ3v) is 7.03. The summed E-state index contributed by atoms with van der Waals surface area (Å²) < 4.78 is 11.5. The van der Waals surface area contributed by atoms with Crippen molar-refractivity contribution in [2.24, 2.45) is 17.6 Å². The van der Waals surface area contributed by atoms with Crippen LogP contribution in [0.5, 0.6) is 0 Å². The number of primary amides is 1. The standard InChI is InChI=1S/C28H48N4O7/c1-7-11-20(23(33)24(29)34)30-25(35)21-14-19(39-28(4,5)6)15-32(21)26(36)22(18-12-9-8-10-13-18)31-27(37)38-16-17(2)3/h17-22H,7-16H2,1-6H3,(H2,29,34)(H,30,35)(H,31,37)/t19-,20?,21+,22+/m1/s1. The Morgan fingerprint density at radius 3 is 2.21 bits per heavy atom.